The Labute approximate surface area is 82.4 Å². The molecule has 0 aromatic carbocycles. The summed E-state index contributed by atoms with van der Waals surface area (Å²) in [6, 6.07) is -0.126. The zero-order valence-electron chi connectivity index (χ0n) is 8.32. The van der Waals surface area contributed by atoms with Crippen molar-refractivity contribution >= 4 is 5.91 Å². The monoisotopic (exact) mass is 201 g/mol. The SMILES string of the molecule is CC1(C)OCC(C2CC(O)C(=O)N2)O1. The average Bonchev–Trinajstić information content (AvgIpc) is 2.57. The maximum absolute atomic E-state index is 11.0. The molecule has 2 fully saturated rings. The smallest absolute Gasteiger partial charge is 0.249 e. The number of amides is 1. The second-order valence-electron chi connectivity index (χ2n) is 4.23. The van der Waals surface area contributed by atoms with Crippen LogP contribution in [0, 0.1) is 0 Å². The van der Waals surface area contributed by atoms with Crippen LogP contribution in [0.4, 0.5) is 0 Å². The third-order valence-corrected chi connectivity index (χ3v) is 2.59. The predicted octanol–water partition coefficient (Wildman–Crippen LogP) is -0.613. The molecule has 2 rings (SSSR count). The fourth-order valence-corrected chi connectivity index (χ4v) is 1.84. The summed E-state index contributed by atoms with van der Waals surface area (Å²) >= 11 is 0. The van der Waals surface area contributed by atoms with Crippen LogP contribution >= 0.6 is 0 Å². The molecule has 0 aromatic heterocycles. The van der Waals surface area contributed by atoms with Gasteiger partial charge in [-0.25, -0.2) is 0 Å². The summed E-state index contributed by atoms with van der Waals surface area (Å²) in [4.78, 5) is 11.0. The number of hydrogen-bond acceptors (Lipinski definition) is 4. The van der Waals surface area contributed by atoms with E-state index in [-0.39, 0.29) is 18.1 Å². The quantitative estimate of drug-likeness (QED) is 0.593. The van der Waals surface area contributed by atoms with E-state index in [0.29, 0.717) is 13.0 Å². The fraction of sp³-hybridized carbons (Fsp3) is 0.889. The van der Waals surface area contributed by atoms with Crippen molar-refractivity contribution in [1.29, 1.82) is 0 Å². The van der Waals surface area contributed by atoms with Gasteiger partial charge in [0.05, 0.1) is 12.6 Å². The van der Waals surface area contributed by atoms with E-state index in [4.69, 9.17) is 9.47 Å². The van der Waals surface area contributed by atoms with Crippen LogP contribution in [0.15, 0.2) is 0 Å². The van der Waals surface area contributed by atoms with Crippen LogP contribution in [0.1, 0.15) is 20.3 Å². The molecule has 2 aliphatic heterocycles. The lowest BCUT2D eigenvalue weighted by atomic mass is 10.1. The largest absolute Gasteiger partial charge is 0.383 e. The number of ether oxygens (including phenoxy) is 2. The summed E-state index contributed by atoms with van der Waals surface area (Å²) in [6.45, 7) is 4.13. The molecule has 5 heteroatoms. The Bertz CT molecular complexity index is 253. The highest BCUT2D eigenvalue weighted by Gasteiger charge is 2.42. The summed E-state index contributed by atoms with van der Waals surface area (Å²) in [5.74, 6) is -0.897. The first kappa shape index (κ1) is 9.89. The van der Waals surface area contributed by atoms with Crippen molar-refractivity contribution in [3.05, 3.63) is 0 Å². The number of carbonyl (C=O) groups excluding carboxylic acids is 1. The molecule has 80 valence electrons. The Hall–Kier alpha value is -0.650. The van der Waals surface area contributed by atoms with Crippen molar-refractivity contribution in [2.45, 2.75) is 44.3 Å². The van der Waals surface area contributed by atoms with Crippen LogP contribution < -0.4 is 5.32 Å². The van der Waals surface area contributed by atoms with E-state index < -0.39 is 11.9 Å². The molecule has 0 spiro atoms. The fourth-order valence-electron chi connectivity index (χ4n) is 1.84. The molecule has 0 aromatic rings. The number of aliphatic hydroxyl groups is 1. The second-order valence-corrected chi connectivity index (χ2v) is 4.23. The van der Waals surface area contributed by atoms with Crippen LogP contribution in [0.2, 0.25) is 0 Å². The topological polar surface area (TPSA) is 67.8 Å². The van der Waals surface area contributed by atoms with Gasteiger partial charge in [-0.15, -0.1) is 0 Å². The van der Waals surface area contributed by atoms with Crippen LogP contribution in [0.5, 0.6) is 0 Å². The zero-order chi connectivity index (χ0) is 10.3. The molecule has 1 amide bonds. The Morgan fingerprint density at radius 2 is 2.29 bits per heavy atom. The highest BCUT2D eigenvalue weighted by Crippen LogP contribution is 2.27. The van der Waals surface area contributed by atoms with E-state index in [1.165, 1.54) is 0 Å². The lowest BCUT2D eigenvalue weighted by Gasteiger charge is -2.20. The van der Waals surface area contributed by atoms with E-state index in [2.05, 4.69) is 5.32 Å². The van der Waals surface area contributed by atoms with Crippen LogP contribution in [0.3, 0.4) is 0 Å². The first-order chi connectivity index (χ1) is 6.48. The molecule has 2 heterocycles. The maximum atomic E-state index is 11.0. The molecule has 3 atom stereocenters. The standard InChI is InChI=1S/C9H15NO4/c1-9(2)13-4-7(14-9)5-3-6(11)8(12)10-5/h5-7,11H,3-4H2,1-2H3,(H,10,12). The lowest BCUT2D eigenvalue weighted by Crippen LogP contribution is -2.39. The molecule has 5 nitrogen and oxygen atoms in total. The first-order valence-electron chi connectivity index (χ1n) is 4.78. The molecule has 0 aliphatic carbocycles. The number of hydrogen-bond donors (Lipinski definition) is 2. The minimum atomic E-state index is -0.896. The molecule has 0 saturated carbocycles. The van der Waals surface area contributed by atoms with Crippen molar-refractivity contribution in [3.8, 4) is 0 Å². The van der Waals surface area contributed by atoms with Gasteiger partial charge in [0, 0.05) is 6.42 Å². The summed E-state index contributed by atoms with van der Waals surface area (Å²) in [5, 5.41) is 11.9. The lowest BCUT2D eigenvalue weighted by molar-refractivity contribution is -0.142. The van der Waals surface area contributed by atoms with Gasteiger partial charge in [-0.3, -0.25) is 4.79 Å². The van der Waals surface area contributed by atoms with Crippen LogP contribution in [0.25, 0.3) is 0 Å². The highest BCUT2D eigenvalue weighted by molar-refractivity contribution is 5.83. The normalized spacial score (nSPS) is 41.4. The van der Waals surface area contributed by atoms with E-state index in [1.54, 1.807) is 0 Å². The van der Waals surface area contributed by atoms with Gasteiger partial charge in [-0.2, -0.15) is 0 Å². The molecule has 3 unspecified atom stereocenters. The van der Waals surface area contributed by atoms with Gasteiger partial charge < -0.3 is 19.9 Å². The van der Waals surface area contributed by atoms with Gasteiger partial charge >= 0.3 is 0 Å². The third-order valence-electron chi connectivity index (χ3n) is 2.59. The second kappa shape index (κ2) is 3.18. The summed E-state index contributed by atoms with van der Waals surface area (Å²) in [7, 11) is 0. The number of aliphatic hydroxyl groups excluding tert-OH is 1. The average molecular weight is 201 g/mol. The van der Waals surface area contributed by atoms with Crippen LogP contribution in [-0.2, 0) is 14.3 Å². The van der Waals surface area contributed by atoms with Gasteiger partial charge in [0.1, 0.15) is 12.2 Å². The van der Waals surface area contributed by atoms with Crippen molar-refractivity contribution in [2.24, 2.45) is 0 Å². The minimum Gasteiger partial charge on any atom is -0.383 e. The summed E-state index contributed by atoms with van der Waals surface area (Å²) in [6.07, 6.45) is -0.637. The number of carbonyl (C=O) groups is 1. The van der Waals surface area contributed by atoms with Crippen molar-refractivity contribution < 1.29 is 19.4 Å². The van der Waals surface area contributed by atoms with E-state index >= 15 is 0 Å². The molecule has 0 radical (unpaired) electrons. The highest BCUT2D eigenvalue weighted by atomic mass is 16.7. The van der Waals surface area contributed by atoms with Crippen molar-refractivity contribution in [3.63, 3.8) is 0 Å². The Kier molecular flexibility index (Phi) is 2.25. The van der Waals surface area contributed by atoms with Gasteiger partial charge in [0.15, 0.2) is 5.79 Å². The maximum Gasteiger partial charge on any atom is 0.249 e. The molecule has 14 heavy (non-hydrogen) atoms. The van der Waals surface area contributed by atoms with Crippen LogP contribution in [-0.4, -0.2) is 41.7 Å². The third kappa shape index (κ3) is 1.75. The van der Waals surface area contributed by atoms with Crippen molar-refractivity contribution in [2.75, 3.05) is 6.61 Å². The van der Waals surface area contributed by atoms with E-state index in [9.17, 15) is 9.90 Å². The molecular formula is C9H15NO4. The van der Waals surface area contributed by atoms with Crippen molar-refractivity contribution in [1.82, 2.24) is 5.32 Å². The number of rotatable bonds is 1. The van der Waals surface area contributed by atoms with Gasteiger partial charge in [-0.05, 0) is 13.8 Å². The Morgan fingerprint density at radius 1 is 1.57 bits per heavy atom. The summed E-state index contributed by atoms with van der Waals surface area (Å²) < 4.78 is 11.0. The molecule has 2 aliphatic rings. The molecule has 0 bridgehead atoms. The predicted molar refractivity (Wildman–Crippen MR) is 47.5 cm³/mol. The van der Waals surface area contributed by atoms with E-state index in [0.717, 1.165) is 0 Å². The van der Waals surface area contributed by atoms with E-state index in [1.807, 2.05) is 13.8 Å². The Balaban J connectivity index is 1.95. The molecule has 2 saturated heterocycles. The molecule has 2 N–H and O–H groups in total. The van der Waals surface area contributed by atoms with Gasteiger partial charge in [0.25, 0.3) is 0 Å². The van der Waals surface area contributed by atoms with Gasteiger partial charge in [-0.1, -0.05) is 0 Å². The minimum absolute atomic E-state index is 0.126. The first-order valence-corrected chi connectivity index (χ1v) is 4.78. The molecular weight excluding hydrogens is 186 g/mol. The number of nitrogens with one attached hydrogen (secondary N) is 1. The Morgan fingerprint density at radius 3 is 2.71 bits per heavy atom. The zero-order valence-corrected chi connectivity index (χ0v) is 8.32. The summed E-state index contributed by atoms with van der Waals surface area (Å²) in [5.41, 5.74) is 0. The van der Waals surface area contributed by atoms with Gasteiger partial charge in [0.2, 0.25) is 5.91 Å².